The molecule has 1 heterocycles. The van der Waals surface area contributed by atoms with Gasteiger partial charge in [-0.25, -0.2) is 4.79 Å². The van der Waals surface area contributed by atoms with E-state index < -0.39 is 6.04 Å². The summed E-state index contributed by atoms with van der Waals surface area (Å²) in [6.07, 6.45) is 2.03. The van der Waals surface area contributed by atoms with Crippen molar-refractivity contribution in [3.05, 3.63) is 35.9 Å². The molecule has 0 radical (unpaired) electrons. The maximum absolute atomic E-state index is 12.5. The highest BCUT2D eigenvalue weighted by atomic mass is 35.5. The fraction of sp³-hybridized carbons (Fsp3) is 0.556. The molecule has 1 aromatic carbocycles. The molecule has 4 N–H and O–H groups in total. The third-order valence-corrected chi connectivity index (χ3v) is 4.17. The van der Waals surface area contributed by atoms with E-state index in [1.165, 1.54) is 0 Å². The van der Waals surface area contributed by atoms with Crippen LogP contribution in [0.15, 0.2) is 30.3 Å². The van der Waals surface area contributed by atoms with Crippen molar-refractivity contribution in [2.75, 3.05) is 13.1 Å². The third-order valence-electron chi connectivity index (χ3n) is 4.17. The van der Waals surface area contributed by atoms with E-state index in [1.54, 1.807) is 0 Å². The van der Waals surface area contributed by atoms with E-state index in [0.717, 1.165) is 31.5 Å². The zero-order valence-corrected chi connectivity index (χ0v) is 15.7. The van der Waals surface area contributed by atoms with Gasteiger partial charge in [-0.2, -0.15) is 0 Å². The van der Waals surface area contributed by atoms with Gasteiger partial charge in [-0.3, -0.25) is 4.79 Å². The van der Waals surface area contributed by atoms with Gasteiger partial charge in [0.25, 0.3) is 0 Å². The van der Waals surface area contributed by atoms with Gasteiger partial charge < -0.3 is 21.3 Å². The van der Waals surface area contributed by atoms with Crippen LogP contribution in [-0.4, -0.2) is 37.1 Å². The number of piperidine rings is 1. The Hall–Kier alpha value is -1.79. The minimum Gasteiger partial charge on any atom is -0.350 e. The van der Waals surface area contributed by atoms with E-state index >= 15 is 0 Å². The van der Waals surface area contributed by atoms with Crippen LogP contribution in [0.25, 0.3) is 0 Å². The lowest BCUT2D eigenvalue weighted by atomic mass is 10.0. The van der Waals surface area contributed by atoms with Gasteiger partial charge in [0.2, 0.25) is 5.91 Å². The van der Waals surface area contributed by atoms with Gasteiger partial charge in [0.1, 0.15) is 6.04 Å². The molecular formula is C18H29ClN4O2. The molecule has 0 aromatic heterocycles. The Kier molecular flexibility index (Phi) is 9.31. The van der Waals surface area contributed by atoms with E-state index in [0.29, 0.717) is 6.54 Å². The first-order valence-electron chi connectivity index (χ1n) is 8.65. The maximum Gasteiger partial charge on any atom is 0.315 e. The molecule has 0 spiro atoms. The first-order chi connectivity index (χ1) is 11.6. The van der Waals surface area contributed by atoms with Gasteiger partial charge in [0, 0.05) is 19.1 Å². The molecule has 140 valence electrons. The van der Waals surface area contributed by atoms with Crippen LogP contribution in [0.4, 0.5) is 4.79 Å². The van der Waals surface area contributed by atoms with Gasteiger partial charge in [0.05, 0.1) is 0 Å². The minimum atomic E-state index is -0.539. The van der Waals surface area contributed by atoms with Crippen LogP contribution in [0.5, 0.6) is 0 Å². The monoisotopic (exact) mass is 368 g/mol. The summed E-state index contributed by atoms with van der Waals surface area (Å²) in [5, 5.41) is 11.9. The third kappa shape index (κ3) is 7.32. The Morgan fingerprint density at radius 3 is 2.56 bits per heavy atom. The van der Waals surface area contributed by atoms with Crippen molar-refractivity contribution in [3.8, 4) is 0 Å². The number of hydrogen-bond donors (Lipinski definition) is 4. The summed E-state index contributed by atoms with van der Waals surface area (Å²) in [7, 11) is 0. The smallest absolute Gasteiger partial charge is 0.315 e. The molecule has 0 bridgehead atoms. The second kappa shape index (κ2) is 10.9. The quantitative estimate of drug-likeness (QED) is 0.618. The molecule has 0 saturated carbocycles. The molecule has 1 aromatic rings. The summed E-state index contributed by atoms with van der Waals surface area (Å²) < 4.78 is 0. The van der Waals surface area contributed by atoms with Crippen LogP contribution in [0.3, 0.4) is 0 Å². The summed E-state index contributed by atoms with van der Waals surface area (Å²) in [5.74, 6) is -0.0995. The highest BCUT2D eigenvalue weighted by molar-refractivity contribution is 5.87. The topological polar surface area (TPSA) is 82.3 Å². The van der Waals surface area contributed by atoms with Crippen LogP contribution < -0.4 is 21.3 Å². The summed E-state index contributed by atoms with van der Waals surface area (Å²) in [4.78, 5) is 24.6. The van der Waals surface area contributed by atoms with Crippen molar-refractivity contribution in [2.45, 2.75) is 45.3 Å². The predicted octanol–water partition coefficient (Wildman–Crippen LogP) is 1.80. The van der Waals surface area contributed by atoms with Crippen molar-refractivity contribution >= 4 is 24.3 Å². The molecule has 0 aliphatic carbocycles. The van der Waals surface area contributed by atoms with Gasteiger partial charge >= 0.3 is 6.03 Å². The first-order valence-corrected chi connectivity index (χ1v) is 8.65. The Balaban J connectivity index is 0.00000312. The summed E-state index contributed by atoms with van der Waals surface area (Å²) in [5.41, 5.74) is 1.02. The van der Waals surface area contributed by atoms with Crippen molar-refractivity contribution < 1.29 is 9.59 Å². The number of rotatable bonds is 6. The number of benzene rings is 1. The zero-order chi connectivity index (χ0) is 17.4. The largest absolute Gasteiger partial charge is 0.350 e. The summed E-state index contributed by atoms with van der Waals surface area (Å²) >= 11 is 0. The first kappa shape index (κ1) is 21.3. The number of halogens is 1. The van der Waals surface area contributed by atoms with Gasteiger partial charge in [-0.05, 0) is 30.9 Å². The van der Waals surface area contributed by atoms with Crippen LogP contribution in [0, 0.1) is 5.92 Å². The molecule has 3 amide bonds. The number of carbonyl (C=O) groups is 2. The Bertz CT molecular complexity index is 533. The molecule has 2 unspecified atom stereocenters. The number of hydrogen-bond acceptors (Lipinski definition) is 3. The Morgan fingerprint density at radius 1 is 1.24 bits per heavy atom. The standard InChI is InChI=1S/C18H28N4O2.ClH/c1-13(2)16(17(23)21-15-9-6-10-19-12-15)22-18(24)20-11-14-7-4-3-5-8-14;/h3-5,7-8,13,15-16,19H,6,9-12H2,1-2H3,(H,21,23)(H2,20,22,24);1H. The van der Waals surface area contributed by atoms with Crippen molar-refractivity contribution in [2.24, 2.45) is 5.92 Å². The highest BCUT2D eigenvalue weighted by Gasteiger charge is 2.26. The molecular weight excluding hydrogens is 340 g/mol. The second-order valence-corrected chi connectivity index (χ2v) is 6.59. The van der Waals surface area contributed by atoms with Crippen LogP contribution in [-0.2, 0) is 11.3 Å². The van der Waals surface area contributed by atoms with E-state index in [4.69, 9.17) is 0 Å². The molecule has 25 heavy (non-hydrogen) atoms. The molecule has 6 nitrogen and oxygen atoms in total. The van der Waals surface area contributed by atoms with Crippen LogP contribution in [0.2, 0.25) is 0 Å². The van der Waals surface area contributed by atoms with Crippen molar-refractivity contribution in [1.82, 2.24) is 21.3 Å². The fourth-order valence-electron chi connectivity index (χ4n) is 2.77. The van der Waals surface area contributed by atoms with Gasteiger partial charge in [-0.15, -0.1) is 12.4 Å². The van der Waals surface area contributed by atoms with Crippen LogP contribution in [0.1, 0.15) is 32.3 Å². The van der Waals surface area contributed by atoms with E-state index in [-0.39, 0.29) is 36.3 Å². The average molecular weight is 369 g/mol. The lowest BCUT2D eigenvalue weighted by Gasteiger charge is -2.28. The molecule has 2 rings (SSSR count). The number of carbonyl (C=O) groups excluding carboxylic acids is 2. The summed E-state index contributed by atoms with van der Waals surface area (Å²) in [6.45, 7) is 6.09. The van der Waals surface area contributed by atoms with Crippen molar-refractivity contribution in [3.63, 3.8) is 0 Å². The lowest BCUT2D eigenvalue weighted by Crippen LogP contribution is -2.56. The fourth-order valence-corrected chi connectivity index (χ4v) is 2.77. The highest BCUT2D eigenvalue weighted by Crippen LogP contribution is 2.06. The van der Waals surface area contributed by atoms with E-state index in [2.05, 4.69) is 21.3 Å². The lowest BCUT2D eigenvalue weighted by molar-refractivity contribution is -0.124. The normalized spacial score (nSPS) is 18.0. The number of amides is 3. The predicted molar refractivity (Wildman–Crippen MR) is 102 cm³/mol. The zero-order valence-electron chi connectivity index (χ0n) is 14.9. The van der Waals surface area contributed by atoms with E-state index in [9.17, 15) is 9.59 Å². The van der Waals surface area contributed by atoms with Crippen molar-refractivity contribution in [1.29, 1.82) is 0 Å². The Labute approximate surface area is 155 Å². The molecule has 1 aliphatic heterocycles. The minimum absolute atomic E-state index is 0. The average Bonchev–Trinajstić information content (AvgIpc) is 2.59. The van der Waals surface area contributed by atoms with Gasteiger partial charge in [-0.1, -0.05) is 44.2 Å². The molecule has 7 heteroatoms. The molecule has 1 fully saturated rings. The molecule has 1 saturated heterocycles. The Morgan fingerprint density at radius 2 is 1.96 bits per heavy atom. The number of urea groups is 1. The molecule has 2 atom stereocenters. The van der Waals surface area contributed by atoms with Crippen LogP contribution >= 0.6 is 12.4 Å². The SMILES string of the molecule is CC(C)C(NC(=O)NCc1ccccc1)C(=O)NC1CCCNC1.Cl. The van der Waals surface area contributed by atoms with E-state index in [1.807, 2.05) is 44.2 Å². The molecule has 1 aliphatic rings. The van der Waals surface area contributed by atoms with Gasteiger partial charge in [0.15, 0.2) is 0 Å². The number of nitrogens with one attached hydrogen (secondary N) is 4. The second-order valence-electron chi connectivity index (χ2n) is 6.59. The summed E-state index contributed by atoms with van der Waals surface area (Å²) in [6, 6.07) is 8.96. The maximum atomic E-state index is 12.5.